The first-order valence-corrected chi connectivity index (χ1v) is 7.36. The van der Waals surface area contributed by atoms with Gasteiger partial charge in [-0.1, -0.05) is 12.1 Å². The summed E-state index contributed by atoms with van der Waals surface area (Å²) in [5.41, 5.74) is 1.13. The van der Waals surface area contributed by atoms with Crippen molar-refractivity contribution in [3.8, 4) is 5.75 Å². The van der Waals surface area contributed by atoms with Gasteiger partial charge in [-0.15, -0.1) is 13.2 Å². The van der Waals surface area contributed by atoms with Gasteiger partial charge in [0.05, 0.1) is 11.9 Å². The Bertz CT molecular complexity index is 730. The highest BCUT2D eigenvalue weighted by molar-refractivity contribution is 9.10. The van der Waals surface area contributed by atoms with Gasteiger partial charge in [-0.25, -0.2) is 4.68 Å². The lowest BCUT2D eigenvalue weighted by Crippen LogP contribution is -2.21. The standard InChI is InChI=1S/C14H13BrF3N3O2/c1-21-13(22)12(15)11(8-20-21)19-7-6-9-2-4-10(5-3-9)23-14(16,17)18/h2-5,8,19H,6-7H2,1H3. The van der Waals surface area contributed by atoms with Crippen molar-refractivity contribution in [1.29, 1.82) is 0 Å². The SMILES string of the molecule is Cn1ncc(NCCc2ccc(OC(F)(F)F)cc2)c(Br)c1=O. The molecule has 0 saturated carbocycles. The van der Waals surface area contributed by atoms with Gasteiger partial charge in [0.1, 0.15) is 10.2 Å². The van der Waals surface area contributed by atoms with Crippen LogP contribution in [0.3, 0.4) is 0 Å². The highest BCUT2D eigenvalue weighted by atomic mass is 79.9. The molecule has 124 valence electrons. The van der Waals surface area contributed by atoms with Crippen molar-refractivity contribution in [2.45, 2.75) is 12.8 Å². The van der Waals surface area contributed by atoms with Crippen LogP contribution in [-0.4, -0.2) is 22.7 Å². The number of halogens is 4. The second kappa shape index (κ2) is 7.03. The summed E-state index contributed by atoms with van der Waals surface area (Å²) in [6.45, 7) is 0.493. The van der Waals surface area contributed by atoms with Gasteiger partial charge in [0.15, 0.2) is 0 Å². The first kappa shape index (κ1) is 17.3. The third kappa shape index (κ3) is 4.98. The second-order valence-electron chi connectivity index (χ2n) is 4.67. The van der Waals surface area contributed by atoms with Crippen molar-refractivity contribution in [3.63, 3.8) is 0 Å². The van der Waals surface area contributed by atoms with Crippen LogP contribution in [0.2, 0.25) is 0 Å². The molecule has 0 aliphatic heterocycles. The van der Waals surface area contributed by atoms with Gasteiger partial charge in [-0.2, -0.15) is 5.10 Å². The summed E-state index contributed by atoms with van der Waals surface area (Å²) in [6, 6.07) is 5.64. The van der Waals surface area contributed by atoms with E-state index >= 15 is 0 Å². The number of aryl methyl sites for hydroxylation is 1. The molecule has 0 saturated heterocycles. The Kier molecular flexibility index (Phi) is 5.30. The average molecular weight is 392 g/mol. The molecule has 0 unspecified atom stereocenters. The largest absolute Gasteiger partial charge is 0.573 e. The molecule has 0 atom stereocenters. The number of nitrogens with one attached hydrogen (secondary N) is 1. The molecule has 2 aromatic rings. The number of ether oxygens (including phenoxy) is 1. The lowest BCUT2D eigenvalue weighted by Gasteiger charge is -2.10. The van der Waals surface area contributed by atoms with Crippen molar-refractivity contribution >= 4 is 21.6 Å². The topological polar surface area (TPSA) is 56.1 Å². The maximum Gasteiger partial charge on any atom is 0.573 e. The zero-order chi connectivity index (χ0) is 17.0. The van der Waals surface area contributed by atoms with Crippen LogP contribution in [0.15, 0.2) is 39.7 Å². The van der Waals surface area contributed by atoms with Gasteiger partial charge in [-0.05, 0) is 40.0 Å². The monoisotopic (exact) mass is 391 g/mol. The fourth-order valence-corrected chi connectivity index (χ4v) is 2.33. The quantitative estimate of drug-likeness (QED) is 0.850. The highest BCUT2D eigenvalue weighted by Gasteiger charge is 2.30. The van der Waals surface area contributed by atoms with Crippen LogP contribution in [0.4, 0.5) is 18.9 Å². The van der Waals surface area contributed by atoms with E-state index in [0.29, 0.717) is 23.1 Å². The van der Waals surface area contributed by atoms with Crippen LogP contribution in [0.1, 0.15) is 5.56 Å². The van der Waals surface area contributed by atoms with Crippen LogP contribution < -0.4 is 15.6 Å². The molecule has 9 heteroatoms. The van der Waals surface area contributed by atoms with E-state index in [-0.39, 0.29) is 11.3 Å². The van der Waals surface area contributed by atoms with E-state index in [4.69, 9.17) is 0 Å². The third-order valence-corrected chi connectivity index (χ3v) is 3.73. The predicted molar refractivity (Wildman–Crippen MR) is 82.5 cm³/mol. The van der Waals surface area contributed by atoms with Crippen molar-refractivity contribution in [2.75, 3.05) is 11.9 Å². The summed E-state index contributed by atoms with van der Waals surface area (Å²) in [5.74, 6) is -0.257. The fourth-order valence-electron chi connectivity index (χ4n) is 1.83. The molecule has 1 heterocycles. The second-order valence-corrected chi connectivity index (χ2v) is 5.46. The van der Waals surface area contributed by atoms with Crippen LogP contribution >= 0.6 is 15.9 Å². The molecule has 0 bridgehead atoms. The maximum absolute atomic E-state index is 12.1. The average Bonchev–Trinajstić information content (AvgIpc) is 2.47. The molecular weight excluding hydrogens is 379 g/mol. The molecule has 0 aliphatic carbocycles. The minimum Gasteiger partial charge on any atom is -0.406 e. The molecule has 23 heavy (non-hydrogen) atoms. The highest BCUT2D eigenvalue weighted by Crippen LogP contribution is 2.23. The molecule has 0 spiro atoms. The summed E-state index contributed by atoms with van der Waals surface area (Å²) in [7, 11) is 1.54. The van der Waals surface area contributed by atoms with E-state index in [2.05, 4.69) is 31.1 Å². The first-order valence-electron chi connectivity index (χ1n) is 6.56. The molecule has 1 aromatic heterocycles. The number of anilines is 1. The molecule has 0 aliphatic rings. The minimum atomic E-state index is -4.69. The van der Waals surface area contributed by atoms with E-state index in [9.17, 15) is 18.0 Å². The molecular formula is C14H13BrF3N3O2. The van der Waals surface area contributed by atoms with Crippen molar-refractivity contribution in [1.82, 2.24) is 9.78 Å². The van der Waals surface area contributed by atoms with Crippen LogP contribution in [0, 0.1) is 0 Å². The van der Waals surface area contributed by atoms with Crippen LogP contribution in [-0.2, 0) is 13.5 Å². The molecule has 0 radical (unpaired) electrons. The minimum absolute atomic E-state index is 0.257. The number of aromatic nitrogens is 2. The van der Waals surface area contributed by atoms with Crippen molar-refractivity contribution in [2.24, 2.45) is 7.05 Å². The van der Waals surface area contributed by atoms with Gasteiger partial charge in [0.2, 0.25) is 0 Å². The normalized spacial score (nSPS) is 11.3. The summed E-state index contributed by atoms with van der Waals surface area (Å²) < 4.78 is 41.6. The van der Waals surface area contributed by atoms with E-state index < -0.39 is 6.36 Å². The van der Waals surface area contributed by atoms with Gasteiger partial charge in [0, 0.05) is 13.6 Å². The Morgan fingerprint density at radius 3 is 2.57 bits per heavy atom. The van der Waals surface area contributed by atoms with Crippen LogP contribution in [0.25, 0.3) is 0 Å². The fraction of sp³-hybridized carbons (Fsp3) is 0.286. The van der Waals surface area contributed by atoms with Crippen LogP contribution in [0.5, 0.6) is 5.75 Å². The zero-order valence-electron chi connectivity index (χ0n) is 12.0. The Labute approximate surface area is 138 Å². The summed E-state index contributed by atoms with van der Waals surface area (Å²) >= 11 is 3.20. The number of hydrogen-bond acceptors (Lipinski definition) is 4. The molecule has 0 fully saturated rings. The first-order chi connectivity index (χ1) is 10.8. The molecule has 1 N–H and O–H groups in total. The molecule has 0 amide bonds. The van der Waals surface area contributed by atoms with E-state index in [0.717, 1.165) is 5.56 Å². The third-order valence-electron chi connectivity index (χ3n) is 2.96. The number of nitrogens with zero attached hydrogens (tertiary/aromatic N) is 2. The Morgan fingerprint density at radius 1 is 1.30 bits per heavy atom. The molecule has 2 rings (SSSR count). The lowest BCUT2D eigenvalue weighted by molar-refractivity contribution is -0.274. The smallest absolute Gasteiger partial charge is 0.406 e. The van der Waals surface area contributed by atoms with Gasteiger partial charge in [-0.3, -0.25) is 4.79 Å². The lowest BCUT2D eigenvalue weighted by atomic mass is 10.1. The predicted octanol–water partition coefficient (Wildman–Crippen LogP) is 3.10. The number of hydrogen-bond donors (Lipinski definition) is 1. The van der Waals surface area contributed by atoms with E-state index in [1.807, 2.05) is 0 Å². The van der Waals surface area contributed by atoms with Crippen molar-refractivity contribution in [3.05, 3.63) is 50.9 Å². The summed E-state index contributed by atoms with van der Waals surface area (Å²) in [4.78, 5) is 11.7. The van der Waals surface area contributed by atoms with E-state index in [1.165, 1.54) is 23.0 Å². The summed E-state index contributed by atoms with van der Waals surface area (Å²) in [6.07, 6.45) is -2.61. The van der Waals surface area contributed by atoms with Crippen molar-refractivity contribution < 1.29 is 17.9 Å². The zero-order valence-corrected chi connectivity index (χ0v) is 13.6. The maximum atomic E-state index is 12.1. The summed E-state index contributed by atoms with van der Waals surface area (Å²) in [5, 5.41) is 6.95. The number of alkyl halides is 3. The van der Waals surface area contributed by atoms with Gasteiger partial charge >= 0.3 is 6.36 Å². The number of rotatable bonds is 5. The Balaban J connectivity index is 1.92. The Hall–Kier alpha value is -2.03. The molecule has 1 aromatic carbocycles. The van der Waals surface area contributed by atoms with E-state index in [1.54, 1.807) is 19.2 Å². The van der Waals surface area contributed by atoms with Gasteiger partial charge in [0.25, 0.3) is 5.56 Å². The molecule has 5 nitrogen and oxygen atoms in total. The van der Waals surface area contributed by atoms with Gasteiger partial charge < -0.3 is 10.1 Å². The number of benzene rings is 1. The Morgan fingerprint density at radius 2 is 1.96 bits per heavy atom.